The predicted octanol–water partition coefficient (Wildman–Crippen LogP) is 2.32. The molecule has 19 heavy (non-hydrogen) atoms. The lowest BCUT2D eigenvalue weighted by molar-refractivity contribution is 0.0244. The molecule has 3 nitrogen and oxygen atoms in total. The Labute approximate surface area is 119 Å². The Bertz CT molecular complexity index is 267. The lowest BCUT2D eigenvalue weighted by Gasteiger charge is -2.46. The molecule has 0 aromatic heterocycles. The summed E-state index contributed by atoms with van der Waals surface area (Å²) in [7, 11) is 0. The lowest BCUT2D eigenvalue weighted by Crippen LogP contribution is -2.59. The molecular weight excluding hydrogens is 234 g/mol. The summed E-state index contributed by atoms with van der Waals surface area (Å²) in [6.07, 6.45) is 5.45. The zero-order valence-corrected chi connectivity index (χ0v) is 13.4. The number of fused-ring (bicyclic) bond motifs is 1. The number of piperazine rings is 1. The van der Waals surface area contributed by atoms with Crippen molar-refractivity contribution >= 4 is 0 Å². The Kier molecular flexibility index (Phi) is 5.67. The standard InChI is InChI=1S/C16H33N3/c1-5-7-15(10-17-13(2)3)19-12-16-8-6-9-18(16)11-14(19)4/h13-17H,5-12H2,1-4H3. The molecule has 0 bridgehead atoms. The largest absolute Gasteiger partial charge is 0.313 e. The van der Waals surface area contributed by atoms with E-state index >= 15 is 0 Å². The maximum absolute atomic E-state index is 3.65. The maximum atomic E-state index is 3.65. The van der Waals surface area contributed by atoms with Gasteiger partial charge in [0.05, 0.1) is 0 Å². The number of nitrogens with one attached hydrogen (secondary N) is 1. The van der Waals surface area contributed by atoms with Gasteiger partial charge < -0.3 is 5.32 Å². The fraction of sp³-hybridized carbons (Fsp3) is 1.00. The summed E-state index contributed by atoms with van der Waals surface area (Å²) in [5.74, 6) is 0. The minimum Gasteiger partial charge on any atom is -0.313 e. The van der Waals surface area contributed by atoms with Crippen molar-refractivity contribution in [2.24, 2.45) is 0 Å². The summed E-state index contributed by atoms with van der Waals surface area (Å²) in [5, 5.41) is 3.65. The molecule has 0 radical (unpaired) electrons. The van der Waals surface area contributed by atoms with Crippen molar-refractivity contribution in [3.63, 3.8) is 0 Å². The summed E-state index contributed by atoms with van der Waals surface area (Å²) < 4.78 is 0. The highest BCUT2D eigenvalue weighted by Crippen LogP contribution is 2.26. The molecule has 0 saturated carbocycles. The van der Waals surface area contributed by atoms with E-state index in [1.54, 1.807) is 0 Å². The Morgan fingerprint density at radius 3 is 2.74 bits per heavy atom. The van der Waals surface area contributed by atoms with Crippen LogP contribution in [-0.4, -0.2) is 60.1 Å². The van der Waals surface area contributed by atoms with Crippen LogP contribution in [0.4, 0.5) is 0 Å². The van der Waals surface area contributed by atoms with Crippen LogP contribution in [0.1, 0.15) is 53.4 Å². The third-order valence-corrected chi connectivity index (χ3v) is 4.84. The third kappa shape index (κ3) is 3.93. The van der Waals surface area contributed by atoms with Crippen molar-refractivity contribution in [1.29, 1.82) is 0 Å². The van der Waals surface area contributed by atoms with Crippen LogP contribution in [0.3, 0.4) is 0 Å². The quantitative estimate of drug-likeness (QED) is 0.797. The van der Waals surface area contributed by atoms with Gasteiger partial charge in [-0.1, -0.05) is 27.2 Å². The highest BCUT2D eigenvalue weighted by atomic mass is 15.3. The van der Waals surface area contributed by atoms with Gasteiger partial charge in [-0.15, -0.1) is 0 Å². The van der Waals surface area contributed by atoms with E-state index in [4.69, 9.17) is 0 Å². The zero-order chi connectivity index (χ0) is 13.8. The Morgan fingerprint density at radius 2 is 2.05 bits per heavy atom. The average molecular weight is 267 g/mol. The van der Waals surface area contributed by atoms with Gasteiger partial charge in [-0.25, -0.2) is 0 Å². The molecule has 3 heteroatoms. The van der Waals surface area contributed by atoms with E-state index in [1.807, 2.05) is 0 Å². The summed E-state index contributed by atoms with van der Waals surface area (Å²) >= 11 is 0. The summed E-state index contributed by atoms with van der Waals surface area (Å²) in [5.41, 5.74) is 0. The van der Waals surface area contributed by atoms with Crippen molar-refractivity contribution in [1.82, 2.24) is 15.1 Å². The number of hydrogen-bond acceptors (Lipinski definition) is 3. The van der Waals surface area contributed by atoms with E-state index in [0.29, 0.717) is 6.04 Å². The predicted molar refractivity (Wildman–Crippen MR) is 82.6 cm³/mol. The molecule has 2 aliphatic heterocycles. The lowest BCUT2D eigenvalue weighted by atomic mass is 10.0. The van der Waals surface area contributed by atoms with Crippen molar-refractivity contribution in [2.45, 2.75) is 77.5 Å². The molecule has 0 spiro atoms. The first-order valence-corrected chi connectivity index (χ1v) is 8.35. The Hall–Kier alpha value is -0.120. The van der Waals surface area contributed by atoms with Crippen LogP contribution in [0.25, 0.3) is 0 Å². The van der Waals surface area contributed by atoms with Crippen LogP contribution < -0.4 is 5.32 Å². The smallest absolute Gasteiger partial charge is 0.0224 e. The summed E-state index contributed by atoms with van der Waals surface area (Å²) in [4.78, 5) is 5.52. The van der Waals surface area contributed by atoms with Gasteiger partial charge in [-0.3, -0.25) is 9.80 Å². The highest BCUT2D eigenvalue weighted by molar-refractivity contribution is 4.93. The molecule has 0 aromatic rings. The van der Waals surface area contributed by atoms with Crippen molar-refractivity contribution in [3.05, 3.63) is 0 Å². The fourth-order valence-electron chi connectivity index (χ4n) is 3.81. The molecule has 0 amide bonds. The minimum atomic E-state index is 0.599. The zero-order valence-electron chi connectivity index (χ0n) is 13.4. The highest BCUT2D eigenvalue weighted by Gasteiger charge is 2.36. The Morgan fingerprint density at radius 1 is 1.26 bits per heavy atom. The van der Waals surface area contributed by atoms with Gasteiger partial charge in [-0.05, 0) is 32.7 Å². The third-order valence-electron chi connectivity index (χ3n) is 4.84. The van der Waals surface area contributed by atoms with Gasteiger partial charge in [0, 0.05) is 43.8 Å². The van der Waals surface area contributed by atoms with Gasteiger partial charge in [-0.2, -0.15) is 0 Å². The molecule has 2 fully saturated rings. The van der Waals surface area contributed by atoms with Crippen LogP contribution in [-0.2, 0) is 0 Å². The normalized spacial score (nSPS) is 30.8. The fourth-order valence-corrected chi connectivity index (χ4v) is 3.81. The molecule has 2 saturated heterocycles. The van der Waals surface area contributed by atoms with E-state index < -0.39 is 0 Å². The molecule has 2 rings (SSSR count). The topological polar surface area (TPSA) is 18.5 Å². The second-order valence-corrected chi connectivity index (χ2v) is 6.84. The Balaban J connectivity index is 1.94. The SMILES string of the molecule is CCCC(CNC(C)C)N1CC2CCCN2CC1C. The van der Waals surface area contributed by atoms with Gasteiger partial charge >= 0.3 is 0 Å². The van der Waals surface area contributed by atoms with E-state index in [1.165, 1.54) is 45.3 Å². The van der Waals surface area contributed by atoms with Crippen molar-refractivity contribution < 1.29 is 0 Å². The average Bonchev–Trinajstić information content (AvgIpc) is 2.80. The van der Waals surface area contributed by atoms with Crippen LogP contribution >= 0.6 is 0 Å². The summed E-state index contributed by atoms with van der Waals surface area (Å²) in [6, 6.07) is 2.89. The molecule has 2 aliphatic rings. The molecule has 0 aliphatic carbocycles. The van der Waals surface area contributed by atoms with Crippen molar-refractivity contribution in [2.75, 3.05) is 26.2 Å². The molecule has 1 N–H and O–H groups in total. The second kappa shape index (κ2) is 7.05. The van der Waals surface area contributed by atoms with Crippen molar-refractivity contribution in [3.8, 4) is 0 Å². The van der Waals surface area contributed by atoms with E-state index in [-0.39, 0.29) is 0 Å². The monoisotopic (exact) mass is 267 g/mol. The molecule has 112 valence electrons. The molecule has 3 atom stereocenters. The molecule has 3 unspecified atom stereocenters. The van der Waals surface area contributed by atoms with E-state index in [9.17, 15) is 0 Å². The van der Waals surface area contributed by atoms with E-state index in [0.717, 1.165) is 24.7 Å². The number of hydrogen-bond donors (Lipinski definition) is 1. The second-order valence-electron chi connectivity index (χ2n) is 6.84. The number of nitrogens with zero attached hydrogens (tertiary/aromatic N) is 2. The summed E-state index contributed by atoms with van der Waals surface area (Å²) in [6.45, 7) is 14.3. The first kappa shape index (κ1) is 15.3. The first-order chi connectivity index (χ1) is 9.11. The van der Waals surface area contributed by atoms with Gasteiger partial charge in [0.2, 0.25) is 0 Å². The van der Waals surface area contributed by atoms with Crippen LogP contribution in [0, 0.1) is 0 Å². The van der Waals surface area contributed by atoms with Crippen LogP contribution in [0.15, 0.2) is 0 Å². The molecule has 0 aromatic carbocycles. The van der Waals surface area contributed by atoms with Crippen LogP contribution in [0.2, 0.25) is 0 Å². The van der Waals surface area contributed by atoms with Crippen LogP contribution in [0.5, 0.6) is 0 Å². The first-order valence-electron chi connectivity index (χ1n) is 8.35. The number of rotatable bonds is 6. The minimum absolute atomic E-state index is 0.599. The van der Waals surface area contributed by atoms with Gasteiger partial charge in [0.25, 0.3) is 0 Å². The van der Waals surface area contributed by atoms with Gasteiger partial charge in [0.15, 0.2) is 0 Å². The molecular formula is C16H33N3. The molecule has 2 heterocycles. The van der Waals surface area contributed by atoms with Gasteiger partial charge in [0.1, 0.15) is 0 Å². The van der Waals surface area contributed by atoms with E-state index in [2.05, 4.69) is 42.8 Å². The maximum Gasteiger partial charge on any atom is 0.0224 e.